The van der Waals surface area contributed by atoms with Crippen molar-refractivity contribution in [2.75, 3.05) is 13.2 Å². The molecular weight excluding hydrogens is 376 g/mol. The molecule has 0 fully saturated rings. The Bertz CT molecular complexity index is 789. The molecule has 0 amide bonds. The number of hydrogen-bond acceptors (Lipinski definition) is 6. The molecule has 150 valence electrons. The predicted octanol–water partition coefficient (Wildman–Crippen LogP) is 4.68. The Balaban J connectivity index is 2.19. The maximum atomic E-state index is 12.3. The lowest BCUT2D eigenvalue weighted by Crippen LogP contribution is -2.28. The molecule has 2 aromatic rings. The van der Waals surface area contributed by atoms with Gasteiger partial charge in [0.1, 0.15) is 16.6 Å². The normalized spacial score (nSPS) is 11.7. The molecule has 0 aliphatic heterocycles. The Morgan fingerprint density at radius 1 is 0.964 bits per heavy atom. The summed E-state index contributed by atoms with van der Waals surface area (Å²) in [5, 5.41) is 1.86. The summed E-state index contributed by atoms with van der Waals surface area (Å²) in [6.07, 6.45) is 1.37. The van der Waals surface area contributed by atoms with Crippen LogP contribution in [0, 0.1) is 5.92 Å². The molecule has 1 aromatic heterocycles. The summed E-state index contributed by atoms with van der Waals surface area (Å²) in [4.78, 5) is 37.2. The van der Waals surface area contributed by atoms with E-state index in [-0.39, 0.29) is 18.4 Å². The average Bonchev–Trinajstić information content (AvgIpc) is 3.17. The number of Topliss-reactive ketones (excluding diaryl/α,β-unsaturated/α-hetero) is 1. The van der Waals surface area contributed by atoms with E-state index < -0.39 is 11.9 Å². The fourth-order valence-electron chi connectivity index (χ4n) is 2.94. The quantitative estimate of drug-likeness (QED) is 0.426. The van der Waals surface area contributed by atoms with Crippen molar-refractivity contribution in [1.82, 2.24) is 0 Å². The lowest BCUT2D eigenvalue weighted by Gasteiger charge is -2.14. The van der Waals surface area contributed by atoms with Crippen molar-refractivity contribution < 1.29 is 23.9 Å². The first-order valence-electron chi connectivity index (χ1n) is 9.55. The predicted molar refractivity (Wildman–Crippen MR) is 109 cm³/mol. The Kier molecular flexibility index (Phi) is 8.39. The van der Waals surface area contributed by atoms with Gasteiger partial charge in [0.05, 0.1) is 13.2 Å². The zero-order chi connectivity index (χ0) is 20.5. The lowest BCUT2D eigenvalue weighted by molar-refractivity contribution is -0.151. The average molecular weight is 403 g/mol. The number of hydrogen-bond donors (Lipinski definition) is 0. The van der Waals surface area contributed by atoms with Gasteiger partial charge in [0, 0.05) is 12.0 Å². The Morgan fingerprint density at radius 2 is 1.64 bits per heavy atom. The summed E-state index contributed by atoms with van der Waals surface area (Å²) in [6.45, 7) is 6.01. The highest BCUT2D eigenvalue weighted by Crippen LogP contribution is 2.29. The van der Waals surface area contributed by atoms with Crippen LogP contribution < -0.4 is 0 Å². The van der Waals surface area contributed by atoms with Crippen molar-refractivity contribution in [2.45, 2.75) is 40.0 Å². The summed E-state index contributed by atoms with van der Waals surface area (Å²) in [5.74, 6) is -1.66. The van der Waals surface area contributed by atoms with Crippen LogP contribution in [0.25, 0.3) is 11.1 Å². The minimum absolute atomic E-state index is 0.0903. The maximum absolute atomic E-state index is 12.3. The van der Waals surface area contributed by atoms with Gasteiger partial charge in [0.2, 0.25) is 0 Å². The van der Waals surface area contributed by atoms with Gasteiger partial charge in [-0.2, -0.15) is 0 Å². The lowest BCUT2D eigenvalue weighted by atomic mass is 9.92. The smallest absolute Gasteiger partial charge is 0.348 e. The van der Waals surface area contributed by atoms with Crippen LogP contribution >= 0.6 is 11.3 Å². The van der Waals surface area contributed by atoms with E-state index in [9.17, 15) is 14.4 Å². The summed E-state index contributed by atoms with van der Waals surface area (Å²) < 4.78 is 10.2. The number of ketones is 1. The van der Waals surface area contributed by atoms with E-state index in [1.54, 1.807) is 13.8 Å². The Hall–Kier alpha value is -2.47. The van der Waals surface area contributed by atoms with Crippen LogP contribution in [-0.4, -0.2) is 30.9 Å². The van der Waals surface area contributed by atoms with Crippen molar-refractivity contribution in [2.24, 2.45) is 5.92 Å². The van der Waals surface area contributed by atoms with Gasteiger partial charge in [0.25, 0.3) is 0 Å². The highest BCUT2D eigenvalue weighted by Gasteiger charge is 2.27. The second-order valence-corrected chi connectivity index (χ2v) is 7.22. The molecule has 1 heterocycles. The molecule has 1 unspecified atom stereocenters. The summed E-state index contributed by atoms with van der Waals surface area (Å²) in [5.41, 5.74) is 2.58. The first-order valence-corrected chi connectivity index (χ1v) is 10.4. The standard InChI is InChI=1S/C22H26O5S/c1-4-7-19(23)18(21(24)26-5-2)14-15-8-10-16(11-9-15)17-12-13-28-20(17)22(25)27-6-3/h8-13,18H,4-7,14H2,1-3H3. The molecule has 0 aliphatic carbocycles. The SMILES string of the molecule is CCCC(=O)C(Cc1ccc(-c2ccsc2C(=O)OCC)cc1)C(=O)OCC. The zero-order valence-corrected chi connectivity index (χ0v) is 17.3. The van der Waals surface area contributed by atoms with Gasteiger partial charge in [-0.3, -0.25) is 9.59 Å². The van der Waals surface area contributed by atoms with Gasteiger partial charge in [-0.1, -0.05) is 31.2 Å². The van der Waals surface area contributed by atoms with E-state index >= 15 is 0 Å². The second kappa shape index (κ2) is 10.8. The first kappa shape index (κ1) is 21.8. The Morgan fingerprint density at radius 3 is 2.25 bits per heavy atom. The summed E-state index contributed by atoms with van der Waals surface area (Å²) >= 11 is 1.35. The zero-order valence-electron chi connectivity index (χ0n) is 16.5. The first-order chi connectivity index (χ1) is 13.5. The monoisotopic (exact) mass is 402 g/mol. The van der Waals surface area contributed by atoms with Crippen LogP contribution in [0.2, 0.25) is 0 Å². The second-order valence-electron chi connectivity index (χ2n) is 6.31. The number of esters is 2. The van der Waals surface area contributed by atoms with E-state index in [2.05, 4.69) is 0 Å². The number of ether oxygens (including phenoxy) is 2. The van der Waals surface area contributed by atoms with Gasteiger partial charge >= 0.3 is 11.9 Å². The third-order valence-corrected chi connectivity index (χ3v) is 5.18. The third kappa shape index (κ3) is 5.52. The van der Waals surface area contributed by atoms with Crippen molar-refractivity contribution in [3.63, 3.8) is 0 Å². The molecule has 28 heavy (non-hydrogen) atoms. The molecule has 6 heteroatoms. The van der Waals surface area contributed by atoms with E-state index in [4.69, 9.17) is 9.47 Å². The number of carbonyl (C=O) groups excluding carboxylic acids is 3. The van der Waals surface area contributed by atoms with Gasteiger partial charge in [-0.15, -0.1) is 11.3 Å². The minimum atomic E-state index is -0.776. The van der Waals surface area contributed by atoms with Gasteiger partial charge in [0.15, 0.2) is 0 Å². The molecule has 5 nitrogen and oxygen atoms in total. The summed E-state index contributed by atoms with van der Waals surface area (Å²) in [6, 6.07) is 9.44. The van der Waals surface area contributed by atoms with Crippen LogP contribution in [0.5, 0.6) is 0 Å². The van der Waals surface area contributed by atoms with Gasteiger partial charge in [-0.05, 0) is 49.3 Å². The molecule has 0 radical (unpaired) electrons. The molecule has 0 N–H and O–H groups in total. The van der Waals surface area contributed by atoms with Gasteiger partial charge < -0.3 is 9.47 Å². The van der Waals surface area contributed by atoms with Crippen molar-refractivity contribution >= 4 is 29.1 Å². The van der Waals surface area contributed by atoms with Gasteiger partial charge in [-0.25, -0.2) is 4.79 Å². The van der Waals surface area contributed by atoms with Crippen LogP contribution in [0.15, 0.2) is 35.7 Å². The molecule has 0 spiro atoms. The maximum Gasteiger partial charge on any atom is 0.348 e. The van der Waals surface area contributed by atoms with E-state index in [0.717, 1.165) is 16.7 Å². The number of rotatable bonds is 10. The summed E-state index contributed by atoms with van der Waals surface area (Å²) in [7, 11) is 0. The number of benzene rings is 1. The fraction of sp³-hybridized carbons (Fsp3) is 0.409. The van der Waals surface area contributed by atoms with Crippen LogP contribution in [0.4, 0.5) is 0 Å². The third-order valence-electron chi connectivity index (χ3n) is 4.29. The molecule has 0 saturated carbocycles. The highest BCUT2D eigenvalue weighted by molar-refractivity contribution is 7.12. The molecule has 1 atom stereocenters. The molecule has 0 saturated heterocycles. The number of carbonyl (C=O) groups is 3. The Labute approximate surface area is 169 Å². The van der Waals surface area contributed by atoms with Crippen LogP contribution in [-0.2, 0) is 25.5 Å². The molecular formula is C22H26O5S. The van der Waals surface area contributed by atoms with E-state index in [1.807, 2.05) is 42.6 Å². The van der Waals surface area contributed by atoms with Crippen molar-refractivity contribution in [3.05, 3.63) is 46.2 Å². The highest BCUT2D eigenvalue weighted by atomic mass is 32.1. The molecule has 0 aliphatic rings. The topological polar surface area (TPSA) is 69.7 Å². The molecule has 2 rings (SSSR count). The van der Waals surface area contributed by atoms with Crippen molar-refractivity contribution in [3.8, 4) is 11.1 Å². The number of thiophene rings is 1. The largest absolute Gasteiger partial charge is 0.465 e. The van der Waals surface area contributed by atoms with Crippen molar-refractivity contribution in [1.29, 1.82) is 0 Å². The molecule has 1 aromatic carbocycles. The molecule has 0 bridgehead atoms. The van der Waals surface area contributed by atoms with Crippen LogP contribution in [0.1, 0.15) is 48.8 Å². The van der Waals surface area contributed by atoms with Crippen LogP contribution in [0.3, 0.4) is 0 Å². The minimum Gasteiger partial charge on any atom is -0.465 e. The van der Waals surface area contributed by atoms with E-state index in [0.29, 0.717) is 30.7 Å². The fourth-order valence-corrected chi connectivity index (χ4v) is 3.75. The van der Waals surface area contributed by atoms with E-state index in [1.165, 1.54) is 11.3 Å².